The summed E-state index contributed by atoms with van der Waals surface area (Å²) in [6, 6.07) is 6.98. The molecule has 0 aliphatic heterocycles. The highest BCUT2D eigenvalue weighted by atomic mass is 15.1. The highest BCUT2D eigenvalue weighted by Gasteiger charge is 2.26. The van der Waals surface area contributed by atoms with Crippen molar-refractivity contribution in [3.8, 4) is 0 Å². The van der Waals surface area contributed by atoms with Crippen LogP contribution in [-0.2, 0) is 0 Å². The predicted molar refractivity (Wildman–Crippen MR) is 109 cm³/mol. The van der Waals surface area contributed by atoms with Gasteiger partial charge in [0.05, 0.1) is 6.04 Å². The Bertz CT molecular complexity index is 611. The zero-order valence-electron chi connectivity index (χ0n) is 16.9. The van der Waals surface area contributed by atoms with E-state index in [2.05, 4.69) is 83.0 Å². The Kier molecular flexibility index (Phi) is 8.21. The van der Waals surface area contributed by atoms with E-state index in [0.717, 1.165) is 13.0 Å². The van der Waals surface area contributed by atoms with Crippen molar-refractivity contribution in [2.75, 3.05) is 13.6 Å². The van der Waals surface area contributed by atoms with Crippen molar-refractivity contribution in [2.45, 2.75) is 60.9 Å². The molecule has 1 atom stereocenters. The van der Waals surface area contributed by atoms with Crippen LogP contribution in [0.1, 0.15) is 63.8 Å². The van der Waals surface area contributed by atoms with E-state index >= 15 is 0 Å². The Morgan fingerprint density at radius 3 is 2.17 bits per heavy atom. The molecule has 1 aromatic rings. The van der Waals surface area contributed by atoms with Crippen LogP contribution in [-0.4, -0.2) is 18.5 Å². The average molecular weight is 326 g/mol. The molecule has 1 nitrogen and oxygen atoms in total. The molecule has 0 N–H and O–H groups in total. The van der Waals surface area contributed by atoms with Gasteiger partial charge in [0.15, 0.2) is 0 Å². The molecule has 1 heteroatoms. The fraction of sp³-hybridized carbons (Fsp3) is 0.478. The van der Waals surface area contributed by atoms with Crippen molar-refractivity contribution in [2.24, 2.45) is 0 Å². The molecule has 132 valence electrons. The van der Waals surface area contributed by atoms with Gasteiger partial charge in [0.2, 0.25) is 0 Å². The Morgan fingerprint density at radius 1 is 1.04 bits per heavy atom. The molecule has 1 aliphatic carbocycles. The van der Waals surface area contributed by atoms with Gasteiger partial charge in [-0.25, -0.2) is 0 Å². The van der Waals surface area contributed by atoms with Gasteiger partial charge in [-0.15, -0.1) is 0 Å². The number of rotatable bonds is 4. The lowest BCUT2D eigenvalue weighted by molar-refractivity contribution is 0.289. The number of hydrogen-bond acceptors (Lipinski definition) is 1. The first-order chi connectivity index (χ1) is 11.5. The van der Waals surface area contributed by atoms with E-state index in [1.807, 2.05) is 13.8 Å². The van der Waals surface area contributed by atoms with E-state index < -0.39 is 0 Å². The van der Waals surface area contributed by atoms with Gasteiger partial charge < -0.3 is 0 Å². The third kappa shape index (κ3) is 4.48. The average Bonchev–Trinajstić information content (AvgIpc) is 2.74. The van der Waals surface area contributed by atoms with Crippen LogP contribution in [0.2, 0.25) is 0 Å². The van der Waals surface area contributed by atoms with Crippen LogP contribution in [0.15, 0.2) is 53.1 Å². The molecule has 0 fully saturated rings. The number of allylic oxidation sites excluding steroid dienone is 4. The van der Waals surface area contributed by atoms with Crippen LogP contribution >= 0.6 is 0 Å². The van der Waals surface area contributed by atoms with Gasteiger partial charge in [-0.2, -0.15) is 0 Å². The van der Waals surface area contributed by atoms with Gasteiger partial charge in [0.1, 0.15) is 0 Å². The van der Waals surface area contributed by atoms with Gasteiger partial charge in [-0.05, 0) is 75.5 Å². The number of hydrogen-bond donors (Lipinski definition) is 0. The van der Waals surface area contributed by atoms with Gasteiger partial charge in [-0.3, -0.25) is 4.90 Å². The number of likely N-dealkylation sites (N-methyl/N-ethyl adjacent to an activating group) is 1. The van der Waals surface area contributed by atoms with Crippen molar-refractivity contribution in [3.63, 3.8) is 0 Å². The molecule has 1 unspecified atom stereocenters. The van der Waals surface area contributed by atoms with Gasteiger partial charge in [0.25, 0.3) is 0 Å². The third-order valence-electron chi connectivity index (χ3n) is 4.82. The molecule has 0 bridgehead atoms. The van der Waals surface area contributed by atoms with Gasteiger partial charge in [-0.1, -0.05) is 62.8 Å². The summed E-state index contributed by atoms with van der Waals surface area (Å²) in [5.74, 6) is 0. The minimum atomic E-state index is 0.336. The lowest BCUT2D eigenvalue weighted by Gasteiger charge is -2.34. The van der Waals surface area contributed by atoms with Crippen molar-refractivity contribution < 1.29 is 0 Å². The zero-order chi connectivity index (χ0) is 18.3. The second kappa shape index (κ2) is 9.64. The summed E-state index contributed by atoms with van der Waals surface area (Å²) < 4.78 is 0. The molecule has 1 aromatic carbocycles. The van der Waals surface area contributed by atoms with Crippen molar-refractivity contribution >= 4 is 0 Å². The molecule has 2 rings (SSSR count). The van der Waals surface area contributed by atoms with E-state index in [0.29, 0.717) is 6.04 Å². The molecule has 0 aromatic heterocycles. The lowest BCUT2D eigenvalue weighted by atomic mass is 9.84. The predicted octanol–water partition coefficient (Wildman–Crippen LogP) is 6.55. The van der Waals surface area contributed by atoms with Crippen LogP contribution in [0.4, 0.5) is 0 Å². The first-order valence-corrected chi connectivity index (χ1v) is 9.27. The van der Waals surface area contributed by atoms with Crippen molar-refractivity contribution in [1.29, 1.82) is 0 Å². The first kappa shape index (κ1) is 20.4. The molecular formula is C23H35N. The normalized spacial score (nSPS) is 15.6. The number of benzene rings is 1. The minimum Gasteiger partial charge on any atom is -0.296 e. The Hall–Kier alpha value is -1.60. The summed E-state index contributed by atoms with van der Waals surface area (Å²) in [5.41, 5.74) is 8.60. The fourth-order valence-electron chi connectivity index (χ4n) is 3.47. The van der Waals surface area contributed by atoms with Crippen LogP contribution in [0, 0.1) is 13.8 Å². The van der Waals surface area contributed by atoms with E-state index in [1.165, 1.54) is 33.4 Å². The largest absolute Gasteiger partial charge is 0.296 e. The molecule has 0 heterocycles. The van der Waals surface area contributed by atoms with Crippen LogP contribution in [0.5, 0.6) is 0 Å². The maximum atomic E-state index is 2.47. The maximum absolute atomic E-state index is 2.47. The van der Waals surface area contributed by atoms with Crippen LogP contribution in [0.3, 0.4) is 0 Å². The molecule has 24 heavy (non-hydrogen) atoms. The smallest absolute Gasteiger partial charge is 0.0606 e. The fourth-order valence-corrected chi connectivity index (χ4v) is 3.47. The molecule has 0 saturated heterocycles. The molecule has 0 saturated carbocycles. The van der Waals surface area contributed by atoms with Crippen LogP contribution < -0.4 is 0 Å². The Morgan fingerprint density at radius 2 is 1.62 bits per heavy atom. The Labute approximate surface area is 149 Å². The summed E-state index contributed by atoms with van der Waals surface area (Å²) in [5, 5.41) is 0. The van der Waals surface area contributed by atoms with Gasteiger partial charge in [0, 0.05) is 0 Å². The summed E-state index contributed by atoms with van der Waals surface area (Å²) in [7, 11) is 2.24. The zero-order valence-corrected chi connectivity index (χ0v) is 16.9. The first-order valence-electron chi connectivity index (χ1n) is 9.27. The quantitative estimate of drug-likeness (QED) is 0.607. The highest BCUT2D eigenvalue weighted by Crippen LogP contribution is 2.38. The van der Waals surface area contributed by atoms with Gasteiger partial charge >= 0.3 is 0 Å². The molecule has 0 radical (unpaired) electrons. The monoisotopic (exact) mass is 325 g/mol. The molecule has 0 amide bonds. The van der Waals surface area contributed by atoms with E-state index in [4.69, 9.17) is 0 Å². The topological polar surface area (TPSA) is 3.24 Å². The third-order valence-corrected chi connectivity index (χ3v) is 4.82. The standard InChI is InChI=1S/C21H29N.C2H6/c1-7-22(6)21(20-17(4)13-10-14-18(20)5)19-15(2)11-8-9-12-16(19)3;1-2/h8-11,13-14,21H,7,12H2,1-6H3;1-2H3. The maximum Gasteiger partial charge on any atom is 0.0606 e. The Balaban J connectivity index is 0.00000139. The molecule has 0 spiro atoms. The number of nitrogens with zero attached hydrogens (tertiary/aromatic N) is 1. The lowest BCUT2D eigenvalue weighted by Crippen LogP contribution is -2.28. The second-order valence-corrected chi connectivity index (χ2v) is 6.46. The summed E-state index contributed by atoms with van der Waals surface area (Å²) in [4.78, 5) is 2.47. The summed E-state index contributed by atoms with van der Waals surface area (Å²) in [6.07, 6.45) is 7.76. The van der Waals surface area contributed by atoms with Crippen LogP contribution in [0.25, 0.3) is 0 Å². The van der Waals surface area contributed by atoms with E-state index in [-0.39, 0.29) is 0 Å². The SMILES string of the molecule is CC.CCN(C)C(C1=C(C)CC=CC=C1C)c1c(C)cccc1C. The molecular weight excluding hydrogens is 290 g/mol. The highest BCUT2D eigenvalue weighted by molar-refractivity contribution is 5.49. The van der Waals surface area contributed by atoms with Crippen molar-refractivity contribution in [1.82, 2.24) is 4.90 Å². The summed E-state index contributed by atoms with van der Waals surface area (Å²) >= 11 is 0. The van der Waals surface area contributed by atoms with E-state index in [1.54, 1.807) is 0 Å². The summed E-state index contributed by atoms with van der Waals surface area (Å²) in [6.45, 7) is 16.3. The van der Waals surface area contributed by atoms with Crippen molar-refractivity contribution in [3.05, 3.63) is 69.8 Å². The number of aryl methyl sites for hydroxylation is 2. The van der Waals surface area contributed by atoms with E-state index in [9.17, 15) is 0 Å². The molecule has 1 aliphatic rings. The minimum absolute atomic E-state index is 0.336. The second-order valence-electron chi connectivity index (χ2n) is 6.46.